The molecule has 1 atom stereocenters. The summed E-state index contributed by atoms with van der Waals surface area (Å²) in [6.45, 7) is 0. The highest BCUT2D eigenvalue weighted by atomic mass is 32.1. The van der Waals surface area contributed by atoms with Crippen LogP contribution < -0.4 is 20.2 Å². The molecule has 1 unspecified atom stereocenters. The second-order valence-corrected chi connectivity index (χ2v) is 10.6. The molecule has 0 radical (unpaired) electrons. The maximum absolute atomic E-state index is 14.0. The number of aromatic nitrogens is 4. The molecule has 9 heteroatoms. The van der Waals surface area contributed by atoms with Crippen LogP contribution in [0.15, 0.2) is 102 Å². The van der Waals surface area contributed by atoms with Gasteiger partial charge in [-0.3, -0.25) is 19.8 Å². The molecule has 3 aromatic carbocycles. The van der Waals surface area contributed by atoms with Gasteiger partial charge < -0.3 is 5.11 Å². The number of phenolic OH excluding ortho intramolecular Hbond substituents is 1. The van der Waals surface area contributed by atoms with E-state index in [2.05, 4.69) is 11.1 Å². The Balaban J connectivity index is 1.57. The summed E-state index contributed by atoms with van der Waals surface area (Å²) in [5, 5.41) is 30.8. The first-order valence-electron chi connectivity index (χ1n) is 12.8. The standard InChI is InChI=1S/C32H20N6O2S/c33-17-23-26(19-8-3-1-4-9-19)27-29(34)37(21-10-5-2-6-11-21)18-36-30(27)38-31(40)25(41-32(23)38)16-20-13-14-24(39)28-22(20)12-7-15-35-28/h1-16,18,26,34,39H/b25-16+,34-29?. The monoisotopic (exact) mass is 552 g/mol. The number of fused-ring (bicyclic) bond motifs is 4. The van der Waals surface area contributed by atoms with Crippen molar-refractivity contribution in [2.45, 2.75) is 5.92 Å². The van der Waals surface area contributed by atoms with E-state index in [1.54, 1.807) is 41.4 Å². The Hall–Kier alpha value is -5.59. The van der Waals surface area contributed by atoms with E-state index in [1.807, 2.05) is 66.7 Å². The molecular formula is C32H20N6O2S. The van der Waals surface area contributed by atoms with Crippen molar-refractivity contribution in [1.82, 2.24) is 19.1 Å². The summed E-state index contributed by atoms with van der Waals surface area (Å²) in [5.74, 6) is -0.196. The maximum atomic E-state index is 14.0. The van der Waals surface area contributed by atoms with Crippen molar-refractivity contribution in [3.05, 3.63) is 139 Å². The molecule has 3 aromatic heterocycles. The van der Waals surface area contributed by atoms with Gasteiger partial charge in [0.05, 0.1) is 27.7 Å². The van der Waals surface area contributed by atoms with Crippen LogP contribution in [0.2, 0.25) is 0 Å². The molecule has 0 amide bonds. The van der Waals surface area contributed by atoms with Crippen LogP contribution in [0, 0.1) is 16.7 Å². The number of hydrogen-bond donors (Lipinski definition) is 2. The van der Waals surface area contributed by atoms with Gasteiger partial charge in [-0.15, -0.1) is 11.3 Å². The molecular weight excluding hydrogens is 532 g/mol. The van der Waals surface area contributed by atoms with Crippen molar-refractivity contribution >= 4 is 33.9 Å². The molecule has 0 spiro atoms. The zero-order valence-corrected chi connectivity index (χ0v) is 22.2. The van der Waals surface area contributed by atoms with Crippen LogP contribution >= 0.6 is 11.3 Å². The summed E-state index contributed by atoms with van der Waals surface area (Å²) in [5.41, 5.74) is 3.41. The second kappa shape index (κ2) is 9.55. The van der Waals surface area contributed by atoms with E-state index < -0.39 is 5.92 Å². The zero-order valence-electron chi connectivity index (χ0n) is 21.4. The number of phenols is 1. The normalized spacial score (nSPS) is 14.5. The molecule has 8 nitrogen and oxygen atoms in total. The molecule has 0 bridgehead atoms. The van der Waals surface area contributed by atoms with E-state index in [0.29, 0.717) is 42.6 Å². The van der Waals surface area contributed by atoms with E-state index in [4.69, 9.17) is 4.98 Å². The molecule has 6 aromatic rings. The van der Waals surface area contributed by atoms with E-state index in [1.165, 1.54) is 15.9 Å². The maximum Gasteiger partial charge on any atom is 0.274 e. The van der Waals surface area contributed by atoms with Gasteiger partial charge in [0.1, 0.15) is 33.6 Å². The lowest BCUT2D eigenvalue weighted by atomic mass is 9.85. The van der Waals surface area contributed by atoms with Gasteiger partial charge in [-0.1, -0.05) is 60.7 Å². The lowest BCUT2D eigenvalue weighted by molar-refractivity contribution is 0.480. The summed E-state index contributed by atoms with van der Waals surface area (Å²) >= 11 is 1.22. The SMILES string of the molecule is N#CC1=c2s/c(=C/c3ccc(O)c4ncccc34)c(=O)n2-c2ncn(-c3ccccc3)c(=N)c2C1c1ccccc1. The number of nitriles is 1. The van der Waals surface area contributed by atoms with Gasteiger partial charge >= 0.3 is 0 Å². The van der Waals surface area contributed by atoms with Crippen molar-refractivity contribution in [3.8, 4) is 23.3 Å². The first-order chi connectivity index (χ1) is 20.1. The number of pyridine rings is 1. The largest absolute Gasteiger partial charge is 0.506 e. The third-order valence-electron chi connectivity index (χ3n) is 7.23. The first-order valence-corrected chi connectivity index (χ1v) is 13.6. The fraction of sp³-hybridized carbons (Fsp3) is 0.0312. The summed E-state index contributed by atoms with van der Waals surface area (Å²) in [7, 11) is 0. The molecule has 196 valence electrons. The molecule has 1 aliphatic heterocycles. The quantitative estimate of drug-likeness (QED) is 0.348. The summed E-state index contributed by atoms with van der Waals surface area (Å²) in [6, 6.07) is 28.2. The third-order valence-corrected chi connectivity index (χ3v) is 8.34. The van der Waals surface area contributed by atoms with Crippen molar-refractivity contribution in [3.63, 3.8) is 0 Å². The van der Waals surface area contributed by atoms with Crippen molar-refractivity contribution in [2.24, 2.45) is 0 Å². The van der Waals surface area contributed by atoms with Crippen LogP contribution in [0.25, 0.3) is 34.1 Å². The number of aromatic hydroxyl groups is 1. The third kappa shape index (κ3) is 3.81. The summed E-state index contributed by atoms with van der Waals surface area (Å²) in [4.78, 5) is 23.0. The van der Waals surface area contributed by atoms with E-state index in [9.17, 15) is 20.6 Å². The van der Waals surface area contributed by atoms with Gasteiger partial charge in [-0.05, 0) is 41.5 Å². The first kappa shape index (κ1) is 24.5. The predicted molar refractivity (Wildman–Crippen MR) is 156 cm³/mol. The van der Waals surface area contributed by atoms with Gasteiger partial charge in [0.2, 0.25) is 0 Å². The number of nitrogens with zero attached hydrogens (tertiary/aromatic N) is 5. The average Bonchev–Trinajstić information content (AvgIpc) is 3.34. The molecule has 2 N–H and O–H groups in total. The minimum atomic E-state index is -0.586. The highest BCUT2D eigenvalue weighted by Crippen LogP contribution is 2.35. The Kier molecular flexibility index (Phi) is 5.70. The molecule has 4 heterocycles. The number of hydrogen-bond acceptors (Lipinski definition) is 7. The summed E-state index contributed by atoms with van der Waals surface area (Å²) in [6.07, 6.45) is 4.90. The highest BCUT2D eigenvalue weighted by Gasteiger charge is 2.33. The van der Waals surface area contributed by atoms with Crippen molar-refractivity contribution < 1.29 is 5.11 Å². The molecule has 0 saturated heterocycles. The van der Waals surface area contributed by atoms with Crippen LogP contribution in [0.5, 0.6) is 5.75 Å². The van der Waals surface area contributed by atoms with Gasteiger partial charge in [0.25, 0.3) is 5.56 Å². The number of nitrogens with one attached hydrogen (secondary N) is 1. The Bertz CT molecular complexity index is 2280. The molecule has 1 aliphatic rings. The van der Waals surface area contributed by atoms with Crippen LogP contribution in [0.3, 0.4) is 0 Å². The van der Waals surface area contributed by atoms with Gasteiger partial charge in [0, 0.05) is 17.3 Å². The Morgan fingerprint density at radius 2 is 1.73 bits per heavy atom. The summed E-state index contributed by atoms with van der Waals surface area (Å²) < 4.78 is 4.00. The van der Waals surface area contributed by atoms with Crippen LogP contribution in [-0.2, 0) is 0 Å². The number of thiazole rings is 1. The van der Waals surface area contributed by atoms with Crippen molar-refractivity contribution in [1.29, 1.82) is 10.7 Å². The van der Waals surface area contributed by atoms with Crippen LogP contribution in [0.1, 0.15) is 22.6 Å². The Morgan fingerprint density at radius 3 is 2.49 bits per heavy atom. The number of benzene rings is 3. The Labute approximate surface area is 236 Å². The van der Waals surface area contributed by atoms with Gasteiger partial charge in [-0.25, -0.2) is 9.55 Å². The topological polar surface area (TPSA) is 121 Å². The van der Waals surface area contributed by atoms with E-state index in [-0.39, 0.29) is 16.8 Å². The fourth-order valence-electron chi connectivity index (χ4n) is 5.36. The predicted octanol–water partition coefficient (Wildman–Crippen LogP) is 3.47. The fourth-order valence-corrected chi connectivity index (χ4v) is 6.47. The van der Waals surface area contributed by atoms with Crippen LogP contribution in [-0.4, -0.2) is 24.2 Å². The lowest BCUT2D eigenvalue weighted by Crippen LogP contribution is -2.40. The Morgan fingerprint density at radius 1 is 0.976 bits per heavy atom. The molecule has 0 aliphatic carbocycles. The van der Waals surface area contributed by atoms with Crippen molar-refractivity contribution in [2.75, 3.05) is 0 Å². The second-order valence-electron chi connectivity index (χ2n) is 9.54. The molecule has 7 rings (SSSR count). The molecule has 41 heavy (non-hydrogen) atoms. The minimum absolute atomic E-state index is 0.0542. The average molecular weight is 553 g/mol. The highest BCUT2D eigenvalue weighted by molar-refractivity contribution is 7.07. The van der Waals surface area contributed by atoms with E-state index in [0.717, 1.165) is 11.3 Å². The zero-order chi connectivity index (χ0) is 28.1. The minimum Gasteiger partial charge on any atom is -0.506 e. The molecule has 0 fully saturated rings. The smallest absolute Gasteiger partial charge is 0.274 e. The van der Waals surface area contributed by atoms with E-state index >= 15 is 0 Å². The number of para-hydroxylation sites is 1. The lowest BCUT2D eigenvalue weighted by Gasteiger charge is -2.25. The van der Waals surface area contributed by atoms with Gasteiger partial charge in [0.15, 0.2) is 0 Å². The van der Waals surface area contributed by atoms with Gasteiger partial charge in [-0.2, -0.15) is 5.26 Å². The number of rotatable bonds is 3. The molecule has 0 saturated carbocycles. The van der Waals surface area contributed by atoms with Crippen LogP contribution in [0.4, 0.5) is 0 Å².